The van der Waals surface area contributed by atoms with Crippen molar-refractivity contribution in [2.75, 3.05) is 0 Å². The molecule has 2 atom stereocenters. The monoisotopic (exact) mass is 301 g/mol. The van der Waals surface area contributed by atoms with Gasteiger partial charge in [0.05, 0.1) is 12.1 Å². The predicted octanol–water partition coefficient (Wildman–Crippen LogP) is 3.45. The molecule has 0 spiro atoms. The maximum atomic E-state index is 12.4. The predicted molar refractivity (Wildman–Crippen MR) is 85.5 cm³/mol. The third-order valence-corrected chi connectivity index (χ3v) is 4.71. The molecule has 1 aromatic heterocycles. The summed E-state index contributed by atoms with van der Waals surface area (Å²) < 4.78 is 0. The summed E-state index contributed by atoms with van der Waals surface area (Å²) >= 11 is 1.64. The van der Waals surface area contributed by atoms with Gasteiger partial charge in [-0.2, -0.15) is 11.3 Å². The topological polar surface area (TPSA) is 49.3 Å². The average Bonchev–Trinajstić information content (AvgIpc) is 3.04. The number of amides is 1. The van der Waals surface area contributed by atoms with E-state index in [4.69, 9.17) is 0 Å². The van der Waals surface area contributed by atoms with Crippen LogP contribution in [0, 0.1) is 0 Å². The highest BCUT2D eigenvalue weighted by Crippen LogP contribution is 2.23. The van der Waals surface area contributed by atoms with Crippen molar-refractivity contribution >= 4 is 17.2 Å². The number of aliphatic hydroxyl groups is 1. The minimum absolute atomic E-state index is 0.0990. The molecule has 0 unspecified atom stereocenters. The van der Waals surface area contributed by atoms with Crippen molar-refractivity contribution in [3.8, 4) is 11.1 Å². The van der Waals surface area contributed by atoms with E-state index < -0.39 is 6.10 Å². The highest BCUT2D eigenvalue weighted by atomic mass is 32.1. The van der Waals surface area contributed by atoms with E-state index >= 15 is 0 Å². The van der Waals surface area contributed by atoms with Gasteiger partial charge in [-0.05, 0) is 52.9 Å². The summed E-state index contributed by atoms with van der Waals surface area (Å²) in [6.45, 7) is 0. The first-order chi connectivity index (χ1) is 10.2. The van der Waals surface area contributed by atoms with Gasteiger partial charge in [0, 0.05) is 5.56 Å². The van der Waals surface area contributed by atoms with Gasteiger partial charge in [0.25, 0.3) is 5.91 Å². The van der Waals surface area contributed by atoms with Gasteiger partial charge in [0.1, 0.15) is 0 Å². The Morgan fingerprint density at radius 3 is 2.81 bits per heavy atom. The summed E-state index contributed by atoms with van der Waals surface area (Å²) in [6, 6.07) is 9.57. The third-order valence-electron chi connectivity index (χ3n) is 4.03. The Balaban J connectivity index is 1.74. The van der Waals surface area contributed by atoms with E-state index in [1.165, 1.54) is 0 Å². The molecule has 0 bridgehead atoms. The fraction of sp³-hybridized carbons (Fsp3) is 0.353. The average molecular weight is 301 g/mol. The van der Waals surface area contributed by atoms with Crippen LogP contribution in [0.2, 0.25) is 0 Å². The van der Waals surface area contributed by atoms with Crippen LogP contribution in [-0.2, 0) is 0 Å². The van der Waals surface area contributed by atoms with Gasteiger partial charge in [-0.3, -0.25) is 4.79 Å². The molecule has 1 aliphatic rings. The van der Waals surface area contributed by atoms with Crippen molar-refractivity contribution in [2.24, 2.45) is 0 Å². The van der Waals surface area contributed by atoms with Gasteiger partial charge in [0.2, 0.25) is 0 Å². The van der Waals surface area contributed by atoms with Gasteiger partial charge in [-0.25, -0.2) is 0 Å². The molecule has 110 valence electrons. The van der Waals surface area contributed by atoms with Crippen LogP contribution < -0.4 is 5.32 Å². The minimum Gasteiger partial charge on any atom is -0.391 e. The number of rotatable bonds is 3. The second-order valence-corrected chi connectivity index (χ2v) is 6.30. The highest BCUT2D eigenvalue weighted by molar-refractivity contribution is 7.08. The molecule has 1 aromatic carbocycles. The smallest absolute Gasteiger partial charge is 0.251 e. The Bertz CT molecular complexity index is 609. The second-order valence-electron chi connectivity index (χ2n) is 5.52. The molecule has 1 heterocycles. The van der Waals surface area contributed by atoms with Crippen LogP contribution in [0.25, 0.3) is 11.1 Å². The normalized spacial score (nSPS) is 22.0. The number of hydrogen-bond acceptors (Lipinski definition) is 3. The first-order valence-corrected chi connectivity index (χ1v) is 8.30. The first kappa shape index (κ1) is 14.3. The summed E-state index contributed by atoms with van der Waals surface area (Å²) in [5.41, 5.74) is 2.83. The van der Waals surface area contributed by atoms with Crippen LogP contribution in [0.4, 0.5) is 0 Å². The quantitative estimate of drug-likeness (QED) is 0.912. The summed E-state index contributed by atoms with van der Waals surface area (Å²) in [5, 5.41) is 17.0. The Morgan fingerprint density at radius 1 is 1.19 bits per heavy atom. The molecule has 2 N–H and O–H groups in total. The largest absolute Gasteiger partial charge is 0.391 e. The number of thiophene rings is 1. The van der Waals surface area contributed by atoms with E-state index in [2.05, 4.69) is 10.7 Å². The van der Waals surface area contributed by atoms with Crippen LogP contribution in [0.5, 0.6) is 0 Å². The molecule has 3 rings (SSSR count). The molecular weight excluding hydrogens is 282 g/mol. The molecule has 1 aliphatic carbocycles. The lowest BCUT2D eigenvalue weighted by atomic mass is 9.92. The van der Waals surface area contributed by atoms with Crippen LogP contribution >= 0.6 is 11.3 Å². The second kappa shape index (κ2) is 6.41. The van der Waals surface area contributed by atoms with E-state index in [1.54, 1.807) is 11.3 Å². The molecule has 1 amide bonds. The molecule has 0 radical (unpaired) electrons. The molecular formula is C17H19NO2S. The van der Waals surface area contributed by atoms with Crippen molar-refractivity contribution in [2.45, 2.75) is 37.8 Å². The fourth-order valence-electron chi connectivity index (χ4n) is 2.80. The molecule has 2 aromatic rings. The Labute approximate surface area is 128 Å². The standard InChI is InChI=1S/C17H19NO2S/c19-16-7-2-1-6-15(16)18-17(20)13-5-3-4-12(10-13)14-8-9-21-11-14/h3-5,8-11,15-16,19H,1-2,6-7H2,(H,18,20)/t15-,16-/m1/s1. The van der Waals surface area contributed by atoms with Gasteiger partial charge in [-0.1, -0.05) is 25.0 Å². The van der Waals surface area contributed by atoms with E-state index in [9.17, 15) is 9.90 Å². The lowest BCUT2D eigenvalue weighted by Gasteiger charge is -2.28. The van der Waals surface area contributed by atoms with Crippen molar-refractivity contribution in [3.05, 3.63) is 46.7 Å². The highest BCUT2D eigenvalue weighted by Gasteiger charge is 2.24. The number of nitrogens with one attached hydrogen (secondary N) is 1. The van der Waals surface area contributed by atoms with Crippen molar-refractivity contribution < 1.29 is 9.90 Å². The molecule has 1 saturated carbocycles. The van der Waals surface area contributed by atoms with Crippen molar-refractivity contribution in [3.63, 3.8) is 0 Å². The first-order valence-electron chi connectivity index (χ1n) is 7.35. The zero-order chi connectivity index (χ0) is 14.7. The zero-order valence-electron chi connectivity index (χ0n) is 11.8. The van der Waals surface area contributed by atoms with E-state index in [0.717, 1.165) is 36.8 Å². The number of benzene rings is 1. The Kier molecular flexibility index (Phi) is 4.36. The Morgan fingerprint density at radius 2 is 2.05 bits per heavy atom. The summed E-state index contributed by atoms with van der Waals surface area (Å²) in [4.78, 5) is 12.4. The van der Waals surface area contributed by atoms with Gasteiger partial charge in [0.15, 0.2) is 0 Å². The Hall–Kier alpha value is -1.65. The fourth-order valence-corrected chi connectivity index (χ4v) is 3.47. The number of carbonyl (C=O) groups is 1. The van der Waals surface area contributed by atoms with Crippen molar-refractivity contribution in [1.82, 2.24) is 5.32 Å². The summed E-state index contributed by atoms with van der Waals surface area (Å²) in [7, 11) is 0. The molecule has 1 fully saturated rings. The molecule has 0 saturated heterocycles. The lowest BCUT2D eigenvalue weighted by Crippen LogP contribution is -2.45. The lowest BCUT2D eigenvalue weighted by molar-refractivity contribution is 0.0717. The molecule has 4 heteroatoms. The van der Waals surface area contributed by atoms with E-state index in [-0.39, 0.29) is 11.9 Å². The summed E-state index contributed by atoms with van der Waals surface area (Å²) in [6.07, 6.45) is 3.33. The maximum Gasteiger partial charge on any atom is 0.251 e. The van der Waals surface area contributed by atoms with Crippen LogP contribution in [-0.4, -0.2) is 23.2 Å². The van der Waals surface area contributed by atoms with Crippen LogP contribution in [0.1, 0.15) is 36.0 Å². The molecule has 0 aliphatic heterocycles. The van der Waals surface area contributed by atoms with Gasteiger partial charge >= 0.3 is 0 Å². The van der Waals surface area contributed by atoms with Crippen LogP contribution in [0.15, 0.2) is 41.1 Å². The summed E-state index contributed by atoms with van der Waals surface area (Å²) in [5.74, 6) is -0.0990. The number of carbonyl (C=O) groups excluding carboxylic acids is 1. The van der Waals surface area contributed by atoms with E-state index in [0.29, 0.717) is 5.56 Å². The van der Waals surface area contributed by atoms with Crippen LogP contribution in [0.3, 0.4) is 0 Å². The van der Waals surface area contributed by atoms with E-state index in [1.807, 2.05) is 35.7 Å². The minimum atomic E-state index is -0.414. The van der Waals surface area contributed by atoms with Gasteiger partial charge in [-0.15, -0.1) is 0 Å². The van der Waals surface area contributed by atoms with Crippen molar-refractivity contribution in [1.29, 1.82) is 0 Å². The SMILES string of the molecule is O=C(N[C@@H]1CCCC[C@H]1O)c1cccc(-c2ccsc2)c1. The molecule has 3 nitrogen and oxygen atoms in total. The number of hydrogen-bond donors (Lipinski definition) is 2. The number of aliphatic hydroxyl groups excluding tert-OH is 1. The maximum absolute atomic E-state index is 12.4. The molecule has 21 heavy (non-hydrogen) atoms. The zero-order valence-corrected chi connectivity index (χ0v) is 12.6. The van der Waals surface area contributed by atoms with Gasteiger partial charge < -0.3 is 10.4 Å². The third kappa shape index (κ3) is 3.34.